The van der Waals surface area contributed by atoms with Gasteiger partial charge in [0.05, 0.1) is 22.4 Å². The zero-order valence-corrected chi connectivity index (χ0v) is 13.5. The summed E-state index contributed by atoms with van der Waals surface area (Å²) in [6, 6.07) is 7.75. The fraction of sp³-hybridized carbons (Fsp3) is 0.263. The third-order valence-electron chi connectivity index (χ3n) is 4.27. The Hall–Kier alpha value is -2.66. The number of hydrogen-bond acceptors (Lipinski definition) is 4. The van der Waals surface area contributed by atoms with E-state index in [1.54, 1.807) is 6.07 Å². The second-order valence-corrected chi connectivity index (χ2v) is 5.78. The monoisotopic (exact) mass is 326 g/mol. The van der Waals surface area contributed by atoms with E-state index >= 15 is 0 Å². The number of carbonyl (C=O) groups is 1. The summed E-state index contributed by atoms with van der Waals surface area (Å²) in [5.41, 5.74) is 2.11. The molecule has 124 valence electrons. The highest BCUT2D eigenvalue weighted by Gasteiger charge is 2.16. The van der Waals surface area contributed by atoms with Crippen LogP contribution in [-0.4, -0.2) is 16.2 Å². The SMILES string of the molecule is CCc1cc(C(O)CC)cc2c(=O)c3cc(C(=O)O)ccc3oc12. The zero-order valence-electron chi connectivity index (χ0n) is 13.5. The van der Waals surface area contributed by atoms with E-state index in [1.807, 2.05) is 19.9 Å². The van der Waals surface area contributed by atoms with Crippen molar-refractivity contribution in [1.82, 2.24) is 0 Å². The predicted octanol–water partition coefficient (Wildman–Crippen LogP) is 3.65. The molecule has 1 atom stereocenters. The quantitative estimate of drug-likeness (QED) is 0.715. The van der Waals surface area contributed by atoms with Crippen LogP contribution in [0.5, 0.6) is 0 Å². The van der Waals surface area contributed by atoms with Crippen LogP contribution in [0.3, 0.4) is 0 Å². The fourth-order valence-electron chi connectivity index (χ4n) is 2.88. The van der Waals surface area contributed by atoms with Gasteiger partial charge < -0.3 is 14.6 Å². The first-order valence-corrected chi connectivity index (χ1v) is 7.91. The number of aromatic carboxylic acids is 1. The van der Waals surface area contributed by atoms with Crippen molar-refractivity contribution in [2.24, 2.45) is 0 Å². The lowest BCUT2D eigenvalue weighted by Crippen LogP contribution is -2.07. The molecule has 2 aromatic carbocycles. The number of rotatable bonds is 4. The van der Waals surface area contributed by atoms with Crippen LogP contribution in [0.25, 0.3) is 21.9 Å². The highest BCUT2D eigenvalue weighted by atomic mass is 16.4. The van der Waals surface area contributed by atoms with Crippen molar-refractivity contribution in [3.63, 3.8) is 0 Å². The van der Waals surface area contributed by atoms with Crippen LogP contribution in [0.4, 0.5) is 0 Å². The van der Waals surface area contributed by atoms with Gasteiger partial charge in [0.25, 0.3) is 0 Å². The molecule has 5 heteroatoms. The molecule has 5 nitrogen and oxygen atoms in total. The lowest BCUT2D eigenvalue weighted by atomic mass is 9.98. The molecule has 24 heavy (non-hydrogen) atoms. The second kappa shape index (κ2) is 6.09. The summed E-state index contributed by atoms with van der Waals surface area (Å²) in [6.07, 6.45) is 0.541. The number of aliphatic hydroxyl groups is 1. The van der Waals surface area contributed by atoms with Crippen molar-refractivity contribution in [2.75, 3.05) is 0 Å². The molecular weight excluding hydrogens is 308 g/mol. The van der Waals surface area contributed by atoms with Gasteiger partial charge in [0, 0.05) is 0 Å². The lowest BCUT2D eigenvalue weighted by molar-refractivity contribution is 0.0697. The summed E-state index contributed by atoms with van der Waals surface area (Å²) in [6.45, 7) is 3.82. The molecule has 3 aromatic rings. The van der Waals surface area contributed by atoms with E-state index in [0.29, 0.717) is 35.0 Å². The molecular formula is C19H18O5. The molecule has 0 saturated carbocycles. The van der Waals surface area contributed by atoms with E-state index in [-0.39, 0.29) is 16.4 Å². The molecule has 1 heterocycles. The minimum atomic E-state index is -1.10. The molecule has 0 amide bonds. The maximum atomic E-state index is 12.9. The molecule has 0 aliphatic heterocycles. The maximum Gasteiger partial charge on any atom is 0.335 e. The molecule has 3 rings (SSSR count). The van der Waals surface area contributed by atoms with Crippen LogP contribution < -0.4 is 5.43 Å². The van der Waals surface area contributed by atoms with Crippen LogP contribution >= 0.6 is 0 Å². The van der Waals surface area contributed by atoms with Gasteiger partial charge in [0.1, 0.15) is 11.2 Å². The van der Waals surface area contributed by atoms with Crippen molar-refractivity contribution in [3.8, 4) is 0 Å². The minimum absolute atomic E-state index is 0.0367. The number of carboxylic acid groups (broad SMARTS) is 1. The van der Waals surface area contributed by atoms with Gasteiger partial charge >= 0.3 is 5.97 Å². The maximum absolute atomic E-state index is 12.9. The fourth-order valence-corrected chi connectivity index (χ4v) is 2.88. The molecule has 2 N–H and O–H groups in total. The highest BCUT2D eigenvalue weighted by molar-refractivity contribution is 5.96. The number of aliphatic hydroxyl groups excluding tert-OH is 1. The largest absolute Gasteiger partial charge is 0.478 e. The molecule has 0 fully saturated rings. The van der Waals surface area contributed by atoms with Gasteiger partial charge in [-0.25, -0.2) is 4.79 Å². The van der Waals surface area contributed by atoms with Crippen LogP contribution in [0, 0.1) is 0 Å². The van der Waals surface area contributed by atoms with Gasteiger partial charge in [-0.05, 0) is 54.3 Å². The first-order chi connectivity index (χ1) is 11.5. The van der Waals surface area contributed by atoms with E-state index < -0.39 is 12.1 Å². The van der Waals surface area contributed by atoms with E-state index in [9.17, 15) is 14.7 Å². The Balaban J connectivity index is 2.41. The lowest BCUT2D eigenvalue weighted by Gasteiger charge is -2.12. The van der Waals surface area contributed by atoms with Gasteiger partial charge in [-0.2, -0.15) is 0 Å². The number of benzene rings is 2. The van der Waals surface area contributed by atoms with Gasteiger partial charge in [0.2, 0.25) is 5.43 Å². The highest BCUT2D eigenvalue weighted by Crippen LogP contribution is 2.28. The third kappa shape index (κ3) is 2.57. The Morgan fingerprint density at radius 2 is 1.92 bits per heavy atom. The van der Waals surface area contributed by atoms with Crippen molar-refractivity contribution in [1.29, 1.82) is 0 Å². The smallest absolute Gasteiger partial charge is 0.335 e. The summed E-state index contributed by atoms with van der Waals surface area (Å²) in [5, 5.41) is 19.8. The molecule has 0 radical (unpaired) electrons. The second-order valence-electron chi connectivity index (χ2n) is 5.78. The summed E-state index contributed by atoms with van der Waals surface area (Å²) >= 11 is 0. The average molecular weight is 326 g/mol. The summed E-state index contributed by atoms with van der Waals surface area (Å²) in [7, 11) is 0. The first kappa shape index (κ1) is 16.2. The number of aryl methyl sites for hydroxylation is 1. The Bertz CT molecular complexity index is 1000. The van der Waals surface area contributed by atoms with E-state index in [4.69, 9.17) is 9.52 Å². The van der Waals surface area contributed by atoms with Crippen molar-refractivity contribution in [2.45, 2.75) is 32.8 Å². The van der Waals surface area contributed by atoms with Gasteiger partial charge in [-0.3, -0.25) is 4.79 Å². The van der Waals surface area contributed by atoms with E-state index in [1.165, 1.54) is 18.2 Å². The van der Waals surface area contributed by atoms with Crippen molar-refractivity contribution in [3.05, 3.63) is 57.2 Å². The van der Waals surface area contributed by atoms with Gasteiger partial charge in [0.15, 0.2) is 0 Å². The Labute approximate surface area is 138 Å². The summed E-state index contributed by atoms with van der Waals surface area (Å²) < 4.78 is 5.88. The number of carboxylic acids is 1. The van der Waals surface area contributed by atoms with Crippen LogP contribution in [0.15, 0.2) is 39.5 Å². The minimum Gasteiger partial charge on any atom is -0.478 e. The topological polar surface area (TPSA) is 87.7 Å². The van der Waals surface area contributed by atoms with Gasteiger partial charge in [-0.15, -0.1) is 0 Å². The molecule has 0 bridgehead atoms. The molecule has 0 saturated heterocycles. The molecule has 0 aliphatic carbocycles. The molecule has 1 aromatic heterocycles. The van der Waals surface area contributed by atoms with Crippen molar-refractivity contribution < 1.29 is 19.4 Å². The summed E-state index contributed by atoms with van der Waals surface area (Å²) in [4.78, 5) is 24.0. The van der Waals surface area contributed by atoms with Crippen LogP contribution in [0.2, 0.25) is 0 Å². The van der Waals surface area contributed by atoms with Gasteiger partial charge in [-0.1, -0.05) is 13.8 Å². The number of hydrogen-bond donors (Lipinski definition) is 2. The molecule has 1 unspecified atom stereocenters. The standard InChI is InChI=1S/C19H18O5/c1-3-10-7-12(15(20)4-2)9-14-17(21)13-8-11(19(22)23)5-6-16(13)24-18(10)14/h5-9,15,20H,3-4H2,1-2H3,(H,22,23). The normalized spacial score (nSPS) is 12.6. The van der Waals surface area contributed by atoms with E-state index in [2.05, 4.69) is 0 Å². The Kier molecular flexibility index (Phi) is 4.11. The first-order valence-electron chi connectivity index (χ1n) is 7.91. The molecule has 0 spiro atoms. The Morgan fingerprint density at radius 3 is 2.54 bits per heavy atom. The zero-order chi connectivity index (χ0) is 17.4. The summed E-state index contributed by atoms with van der Waals surface area (Å²) in [5.74, 6) is -1.10. The Morgan fingerprint density at radius 1 is 1.17 bits per heavy atom. The van der Waals surface area contributed by atoms with E-state index in [0.717, 1.165) is 5.56 Å². The van der Waals surface area contributed by atoms with Crippen LogP contribution in [-0.2, 0) is 6.42 Å². The van der Waals surface area contributed by atoms with Crippen molar-refractivity contribution >= 4 is 27.9 Å². The van der Waals surface area contributed by atoms with Crippen LogP contribution in [0.1, 0.15) is 47.9 Å². The molecule has 0 aliphatic rings. The number of fused-ring (bicyclic) bond motifs is 2. The predicted molar refractivity (Wildman–Crippen MR) is 91.6 cm³/mol. The average Bonchev–Trinajstić information content (AvgIpc) is 2.60. The third-order valence-corrected chi connectivity index (χ3v) is 4.27.